The number of aryl methyl sites for hydroxylation is 1. The summed E-state index contributed by atoms with van der Waals surface area (Å²) in [5.41, 5.74) is 1.14. The van der Waals surface area contributed by atoms with Crippen LogP contribution in [-0.4, -0.2) is 53.1 Å². The van der Waals surface area contributed by atoms with Crippen molar-refractivity contribution in [3.05, 3.63) is 35.9 Å². The topological polar surface area (TPSA) is 60.9 Å². The van der Waals surface area contributed by atoms with Crippen molar-refractivity contribution in [2.24, 2.45) is 0 Å². The van der Waals surface area contributed by atoms with E-state index in [9.17, 15) is 14.7 Å². The maximum absolute atomic E-state index is 11.6. The van der Waals surface area contributed by atoms with Crippen molar-refractivity contribution in [3.63, 3.8) is 0 Å². The minimum absolute atomic E-state index is 0.0782. The summed E-state index contributed by atoms with van der Waals surface area (Å²) < 4.78 is 0. The normalized spacial score (nSPS) is 17.2. The fourth-order valence-electron chi connectivity index (χ4n) is 2.13. The van der Waals surface area contributed by atoms with Gasteiger partial charge in [-0.05, 0) is 18.4 Å². The SMILES string of the molecule is CN1CC(=O)N(C[C@H](O)CCc2ccccc2)C1=O. The molecular weight excluding hydrogens is 244 g/mol. The molecule has 1 N–H and O–H groups in total. The van der Waals surface area contributed by atoms with Crippen LogP contribution >= 0.6 is 0 Å². The van der Waals surface area contributed by atoms with Crippen molar-refractivity contribution >= 4 is 11.9 Å². The van der Waals surface area contributed by atoms with Gasteiger partial charge in [0.05, 0.1) is 12.6 Å². The van der Waals surface area contributed by atoms with Gasteiger partial charge in [-0.15, -0.1) is 0 Å². The molecule has 1 aromatic carbocycles. The number of hydrogen-bond donors (Lipinski definition) is 1. The third-order valence-corrected chi connectivity index (χ3v) is 3.23. The number of rotatable bonds is 5. The average Bonchev–Trinajstić information content (AvgIpc) is 2.64. The summed E-state index contributed by atoms with van der Waals surface area (Å²) >= 11 is 0. The van der Waals surface area contributed by atoms with E-state index in [1.807, 2.05) is 30.3 Å². The molecule has 3 amide bonds. The molecule has 0 bridgehead atoms. The van der Waals surface area contributed by atoms with E-state index in [4.69, 9.17) is 0 Å². The fourth-order valence-corrected chi connectivity index (χ4v) is 2.13. The summed E-state index contributed by atoms with van der Waals surface area (Å²) in [5.74, 6) is -0.244. The molecule has 1 atom stereocenters. The smallest absolute Gasteiger partial charge is 0.327 e. The Labute approximate surface area is 112 Å². The van der Waals surface area contributed by atoms with E-state index in [0.717, 1.165) is 16.9 Å². The van der Waals surface area contributed by atoms with E-state index in [-0.39, 0.29) is 25.0 Å². The van der Waals surface area contributed by atoms with Gasteiger partial charge >= 0.3 is 6.03 Å². The Morgan fingerprint density at radius 2 is 1.95 bits per heavy atom. The molecule has 0 radical (unpaired) electrons. The molecule has 102 valence electrons. The predicted molar refractivity (Wildman–Crippen MR) is 70.5 cm³/mol. The van der Waals surface area contributed by atoms with Gasteiger partial charge < -0.3 is 10.0 Å². The third-order valence-electron chi connectivity index (χ3n) is 3.23. The molecule has 1 aromatic rings. The molecular formula is C14H18N2O3. The Hall–Kier alpha value is -1.88. The number of amides is 3. The van der Waals surface area contributed by atoms with Crippen LogP contribution in [0.4, 0.5) is 4.79 Å². The van der Waals surface area contributed by atoms with Crippen LogP contribution in [0.25, 0.3) is 0 Å². The number of nitrogens with zero attached hydrogens (tertiary/aromatic N) is 2. The fraction of sp³-hybridized carbons (Fsp3) is 0.429. The molecule has 5 heteroatoms. The second kappa shape index (κ2) is 5.84. The first-order valence-electron chi connectivity index (χ1n) is 6.35. The van der Waals surface area contributed by atoms with Crippen LogP contribution in [0.3, 0.4) is 0 Å². The van der Waals surface area contributed by atoms with Crippen LogP contribution in [0.1, 0.15) is 12.0 Å². The van der Waals surface area contributed by atoms with E-state index in [1.54, 1.807) is 7.05 Å². The molecule has 19 heavy (non-hydrogen) atoms. The van der Waals surface area contributed by atoms with Gasteiger partial charge in [-0.25, -0.2) is 4.79 Å². The Balaban J connectivity index is 1.83. The van der Waals surface area contributed by atoms with Gasteiger partial charge in [0.25, 0.3) is 0 Å². The molecule has 1 fully saturated rings. The highest BCUT2D eigenvalue weighted by molar-refractivity contribution is 6.01. The number of carbonyl (C=O) groups excluding carboxylic acids is 2. The first kappa shape index (κ1) is 13.5. The van der Waals surface area contributed by atoms with Gasteiger partial charge in [-0.3, -0.25) is 9.69 Å². The number of imide groups is 1. The van der Waals surface area contributed by atoms with Crippen molar-refractivity contribution in [1.82, 2.24) is 9.80 Å². The van der Waals surface area contributed by atoms with Gasteiger partial charge in [0.1, 0.15) is 6.54 Å². The number of hydrogen-bond acceptors (Lipinski definition) is 3. The number of likely N-dealkylation sites (N-methyl/N-ethyl adjacent to an activating group) is 1. The first-order valence-corrected chi connectivity index (χ1v) is 6.35. The second-order valence-corrected chi connectivity index (χ2v) is 4.82. The average molecular weight is 262 g/mol. The lowest BCUT2D eigenvalue weighted by Crippen LogP contribution is -2.38. The summed E-state index contributed by atoms with van der Waals surface area (Å²) in [7, 11) is 1.58. The van der Waals surface area contributed by atoms with Crippen molar-refractivity contribution < 1.29 is 14.7 Å². The van der Waals surface area contributed by atoms with Crippen molar-refractivity contribution in [2.45, 2.75) is 18.9 Å². The van der Waals surface area contributed by atoms with E-state index < -0.39 is 6.10 Å². The van der Waals surface area contributed by atoms with E-state index in [2.05, 4.69) is 0 Å². The number of benzene rings is 1. The Morgan fingerprint density at radius 1 is 1.26 bits per heavy atom. The van der Waals surface area contributed by atoms with Crippen LogP contribution in [0, 0.1) is 0 Å². The maximum Gasteiger partial charge on any atom is 0.327 e. The van der Waals surface area contributed by atoms with Crippen LogP contribution in [0.2, 0.25) is 0 Å². The summed E-state index contributed by atoms with van der Waals surface area (Å²) in [6, 6.07) is 9.49. The minimum atomic E-state index is -0.681. The molecule has 0 spiro atoms. The number of aliphatic hydroxyl groups is 1. The molecule has 0 unspecified atom stereocenters. The van der Waals surface area contributed by atoms with Crippen molar-refractivity contribution in [1.29, 1.82) is 0 Å². The molecule has 2 rings (SSSR count). The van der Waals surface area contributed by atoms with Gasteiger partial charge in [0.15, 0.2) is 0 Å². The quantitative estimate of drug-likeness (QED) is 0.801. The van der Waals surface area contributed by atoms with Gasteiger partial charge in [-0.2, -0.15) is 0 Å². The standard InChI is InChI=1S/C14H18N2O3/c1-15-10-13(18)16(14(15)19)9-12(17)8-7-11-5-3-2-4-6-11/h2-6,12,17H,7-10H2,1H3/t12-/m1/s1. The summed E-state index contributed by atoms with van der Waals surface area (Å²) in [5, 5.41) is 9.93. The highest BCUT2D eigenvalue weighted by Gasteiger charge is 2.34. The predicted octanol–water partition coefficient (Wildman–Crippen LogP) is 0.874. The lowest BCUT2D eigenvalue weighted by molar-refractivity contribution is -0.126. The lowest BCUT2D eigenvalue weighted by Gasteiger charge is -2.18. The Kier molecular flexibility index (Phi) is 4.16. The Morgan fingerprint density at radius 3 is 2.53 bits per heavy atom. The molecule has 1 aliphatic heterocycles. The molecule has 1 saturated heterocycles. The van der Waals surface area contributed by atoms with E-state index in [0.29, 0.717) is 6.42 Å². The molecule has 1 heterocycles. The molecule has 0 aliphatic carbocycles. The second-order valence-electron chi connectivity index (χ2n) is 4.82. The monoisotopic (exact) mass is 262 g/mol. The molecule has 5 nitrogen and oxygen atoms in total. The van der Waals surface area contributed by atoms with E-state index >= 15 is 0 Å². The summed E-state index contributed by atoms with van der Waals surface area (Å²) in [6.07, 6.45) is 0.582. The largest absolute Gasteiger partial charge is 0.391 e. The zero-order valence-corrected chi connectivity index (χ0v) is 11.0. The van der Waals surface area contributed by atoms with Crippen LogP contribution in [-0.2, 0) is 11.2 Å². The number of urea groups is 1. The zero-order valence-electron chi connectivity index (χ0n) is 11.0. The number of carbonyl (C=O) groups is 2. The van der Waals surface area contributed by atoms with E-state index in [1.165, 1.54) is 4.90 Å². The maximum atomic E-state index is 11.6. The molecule has 1 aliphatic rings. The van der Waals surface area contributed by atoms with Crippen molar-refractivity contribution in [2.75, 3.05) is 20.1 Å². The zero-order chi connectivity index (χ0) is 13.8. The minimum Gasteiger partial charge on any atom is -0.391 e. The number of aliphatic hydroxyl groups excluding tert-OH is 1. The van der Waals surface area contributed by atoms with Gasteiger partial charge in [-0.1, -0.05) is 30.3 Å². The van der Waals surface area contributed by atoms with Crippen molar-refractivity contribution in [3.8, 4) is 0 Å². The third kappa shape index (κ3) is 3.32. The van der Waals surface area contributed by atoms with Crippen LogP contribution < -0.4 is 0 Å². The molecule has 0 saturated carbocycles. The highest BCUT2D eigenvalue weighted by Crippen LogP contribution is 2.11. The molecule has 0 aromatic heterocycles. The number of β-amino-alcohol motifs (C(OH)–C–C–N with tert-alkyl or cyclic N) is 1. The van der Waals surface area contributed by atoms with Crippen LogP contribution in [0.15, 0.2) is 30.3 Å². The van der Waals surface area contributed by atoms with Gasteiger partial charge in [0.2, 0.25) is 5.91 Å². The highest BCUT2D eigenvalue weighted by atomic mass is 16.3. The first-order chi connectivity index (χ1) is 9.08. The van der Waals surface area contributed by atoms with Gasteiger partial charge in [0, 0.05) is 7.05 Å². The van der Waals surface area contributed by atoms with Crippen LogP contribution in [0.5, 0.6) is 0 Å². The lowest BCUT2D eigenvalue weighted by atomic mass is 10.1. The Bertz CT molecular complexity index is 461. The summed E-state index contributed by atoms with van der Waals surface area (Å²) in [4.78, 5) is 25.7. The summed E-state index contributed by atoms with van der Waals surface area (Å²) in [6.45, 7) is 0.180.